The van der Waals surface area contributed by atoms with E-state index in [1.807, 2.05) is 0 Å². The Morgan fingerprint density at radius 1 is 0.865 bits per heavy atom. The second-order valence-corrected chi connectivity index (χ2v) is 8.62. The van der Waals surface area contributed by atoms with Crippen LogP contribution in [0.2, 0.25) is 5.02 Å². The average Bonchev–Trinajstić information content (AvgIpc) is 2.84. The maximum atomic E-state index is 15.7. The Morgan fingerprint density at radius 2 is 1.57 bits per heavy atom. The number of aromatic nitrogens is 1. The molecule has 0 aliphatic carbocycles. The Morgan fingerprint density at radius 3 is 2.22 bits per heavy atom. The Labute approximate surface area is 214 Å². The summed E-state index contributed by atoms with van der Waals surface area (Å²) in [5.41, 5.74) is -3.19. The number of amides is 2. The molecule has 1 atom stereocenters. The number of carbonyl (C=O) groups excluding carboxylic acids is 1. The van der Waals surface area contributed by atoms with Gasteiger partial charge < -0.3 is 10.6 Å². The monoisotopic (exact) mass is 531 g/mol. The first-order valence-electron chi connectivity index (χ1n) is 11.0. The first-order valence-corrected chi connectivity index (χ1v) is 11.3. The Bertz CT molecular complexity index is 1400. The van der Waals surface area contributed by atoms with Crippen molar-refractivity contribution < 1.29 is 26.7 Å². The van der Waals surface area contributed by atoms with Gasteiger partial charge in [-0.15, -0.1) is 0 Å². The maximum Gasteiger partial charge on any atom is 0.419 e. The van der Waals surface area contributed by atoms with E-state index in [-0.39, 0.29) is 22.8 Å². The summed E-state index contributed by atoms with van der Waals surface area (Å²) < 4.78 is 70.4. The normalized spacial score (nSPS) is 13.0. The van der Waals surface area contributed by atoms with Gasteiger partial charge in [-0.2, -0.15) is 13.2 Å². The van der Waals surface area contributed by atoms with Gasteiger partial charge in [0.15, 0.2) is 0 Å². The summed E-state index contributed by atoms with van der Waals surface area (Å²) in [5, 5.41) is 5.31. The number of halogens is 6. The van der Waals surface area contributed by atoms with Gasteiger partial charge in [-0.05, 0) is 42.0 Å². The molecule has 4 rings (SSSR count). The molecule has 4 nitrogen and oxygen atoms in total. The summed E-state index contributed by atoms with van der Waals surface area (Å²) in [7, 11) is 0. The van der Waals surface area contributed by atoms with Crippen LogP contribution in [0.4, 0.5) is 32.4 Å². The molecule has 1 aromatic heterocycles. The smallest absolute Gasteiger partial charge is 0.322 e. The number of hydrogen-bond acceptors (Lipinski definition) is 2. The molecule has 10 heteroatoms. The zero-order chi connectivity index (χ0) is 26.6. The van der Waals surface area contributed by atoms with E-state index < -0.39 is 40.5 Å². The molecule has 0 spiro atoms. The molecule has 0 aliphatic rings. The number of hydrogen-bond donors (Lipinski definition) is 2. The number of urea groups is 1. The van der Waals surface area contributed by atoms with Crippen molar-refractivity contribution in [2.45, 2.75) is 18.1 Å². The molecule has 4 aromatic rings. The molecule has 37 heavy (non-hydrogen) atoms. The van der Waals surface area contributed by atoms with Gasteiger partial charge in [0.2, 0.25) is 0 Å². The highest BCUT2D eigenvalue weighted by molar-refractivity contribution is 6.30. The summed E-state index contributed by atoms with van der Waals surface area (Å²) in [4.78, 5) is 17.4. The highest BCUT2D eigenvalue weighted by atomic mass is 35.5. The zero-order valence-corrected chi connectivity index (χ0v) is 19.7. The molecule has 3 aromatic carbocycles. The van der Waals surface area contributed by atoms with Gasteiger partial charge in [-0.3, -0.25) is 4.98 Å². The molecule has 190 valence electrons. The molecule has 1 heterocycles. The lowest BCUT2D eigenvalue weighted by molar-refractivity contribution is -0.140. The molecule has 0 fully saturated rings. The van der Waals surface area contributed by atoms with E-state index in [2.05, 4.69) is 15.6 Å². The van der Waals surface area contributed by atoms with E-state index in [0.29, 0.717) is 11.6 Å². The van der Waals surface area contributed by atoms with Crippen molar-refractivity contribution in [3.05, 3.63) is 130 Å². The van der Waals surface area contributed by atoms with Crippen LogP contribution < -0.4 is 10.6 Å². The van der Waals surface area contributed by atoms with Crippen LogP contribution in [0.5, 0.6) is 0 Å². The number of nitrogens with zero attached hydrogens (tertiary/aromatic N) is 1. The van der Waals surface area contributed by atoms with Gasteiger partial charge >= 0.3 is 12.2 Å². The summed E-state index contributed by atoms with van der Waals surface area (Å²) >= 11 is 5.99. The maximum absolute atomic E-state index is 15.7. The number of nitrogens with one attached hydrogen (secondary N) is 2. The van der Waals surface area contributed by atoms with Gasteiger partial charge in [0.05, 0.1) is 16.3 Å². The fourth-order valence-electron chi connectivity index (χ4n) is 4.03. The molecule has 0 saturated carbocycles. The minimum atomic E-state index is -4.99. The van der Waals surface area contributed by atoms with Crippen molar-refractivity contribution in [1.29, 1.82) is 0 Å². The van der Waals surface area contributed by atoms with Crippen LogP contribution in [-0.4, -0.2) is 11.0 Å². The van der Waals surface area contributed by atoms with Gasteiger partial charge in [0, 0.05) is 23.9 Å². The van der Waals surface area contributed by atoms with Crippen LogP contribution in [-0.2, 0) is 18.1 Å². The number of anilines is 1. The fourth-order valence-corrected chi connectivity index (χ4v) is 4.14. The minimum absolute atomic E-state index is 0.0355. The van der Waals surface area contributed by atoms with Crippen LogP contribution >= 0.6 is 11.6 Å². The predicted molar refractivity (Wildman–Crippen MR) is 130 cm³/mol. The molecular formula is C27H19ClF5N3O. The lowest BCUT2D eigenvalue weighted by atomic mass is 9.79. The number of alkyl halides is 3. The van der Waals surface area contributed by atoms with Crippen LogP contribution in [0.15, 0.2) is 91.1 Å². The van der Waals surface area contributed by atoms with Crippen molar-refractivity contribution in [3.8, 4) is 0 Å². The fraction of sp³-hybridized carbons (Fsp3) is 0.111. The quantitative estimate of drug-likeness (QED) is 0.256. The molecule has 1 unspecified atom stereocenters. The molecule has 0 aliphatic heterocycles. The van der Waals surface area contributed by atoms with Gasteiger partial charge in [0.25, 0.3) is 0 Å². The lowest BCUT2D eigenvalue weighted by Gasteiger charge is -2.36. The molecule has 2 N–H and O–H groups in total. The molecule has 0 saturated heterocycles. The first-order chi connectivity index (χ1) is 17.6. The third-order valence-corrected chi connectivity index (χ3v) is 5.87. The SMILES string of the molecule is O=C(Nc1cccc(F)c1)NC(Cc1ccccc1)(c1ccc(Cl)cn1)c1cccc(C(F)(F)F)c1F. The van der Waals surface area contributed by atoms with Gasteiger partial charge in [-0.1, -0.05) is 60.1 Å². The molecular weight excluding hydrogens is 513 g/mol. The molecule has 0 radical (unpaired) electrons. The van der Waals surface area contributed by atoms with Crippen molar-refractivity contribution in [2.75, 3.05) is 5.32 Å². The molecule has 0 bridgehead atoms. The zero-order valence-electron chi connectivity index (χ0n) is 19.0. The van der Waals surface area contributed by atoms with Crippen LogP contribution in [0.1, 0.15) is 22.4 Å². The minimum Gasteiger partial charge on any atom is -0.322 e. The summed E-state index contributed by atoms with van der Waals surface area (Å²) in [6.07, 6.45) is -3.92. The third-order valence-electron chi connectivity index (χ3n) is 5.65. The lowest BCUT2D eigenvalue weighted by Crippen LogP contribution is -2.51. The predicted octanol–water partition coefficient (Wildman–Crippen LogP) is 7.34. The Balaban J connectivity index is 1.92. The van der Waals surface area contributed by atoms with Crippen molar-refractivity contribution in [2.24, 2.45) is 0 Å². The largest absolute Gasteiger partial charge is 0.419 e. The van der Waals surface area contributed by atoms with Crippen molar-refractivity contribution >= 4 is 23.3 Å². The van der Waals surface area contributed by atoms with E-state index in [1.165, 1.54) is 36.5 Å². The average molecular weight is 532 g/mol. The number of rotatable bonds is 6. The van der Waals surface area contributed by atoms with Crippen LogP contribution in [0.25, 0.3) is 0 Å². The van der Waals surface area contributed by atoms with Gasteiger partial charge in [-0.25, -0.2) is 13.6 Å². The second kappa shape index (κ2) is 10.6. The van der Waals surface area contributed by atoms with Gasteiger partial charge in [0.1, 0.15) is 17.2 Å². The topological polar surface area (TPSA) is 54.0 Å². The van der Waals surface area contributed by atoms with Crippen molar-refractivity contribution in [1.82, 2.24) is 10.3 Å². The third kappa shape index (κ3) is 5.89. The number of carbonyl (C=O) groups is 1. The summed E-state index contributed by atoms with van der Waals surface area (Å²) in [5.74, 6) is -2.18. The first kappa shape index (κ1) is 26.1. The van der Waals surface area contributed by atoms with E-state index in [9.17, 15) is 22.4 Å². The van der Waals surface area contributed by atoms with Crippen LogP contribution in [0.3, 0.4) is 0 Å². The Kier molecular flexibility index (Phi) is 7.45. The number of benzene rings is 3. The highest BCUT2D eigenvalue weighted by Gasteiger charge is 2.43. The second-order valence-electron chi connectivity index (χ2n) is 8.18. The summed E-state index contributed by atoms with van der Waals surface area (Å²) in [6.45, 7) is 0. The molecule has 2 amide bonds. The summed E-state index contributed by atoms with van der Waals surface area (Å²) in [6, 6.07) is 18.3. The van der Waals surface area contributed by atoms with Crippen molar-refractivity contribution in [3.63, 3.8) is 0 Å². The standard InChI is InChI=1S/C27H19ClF5N3O/c28-18-12-13-23(34-16-18)26(15-17-6-2-1-3-7-17,21-10-5-11-22(24(21)30)27(31,32)33)36-25(37)35-20-9-4-8-19(29)14-20/h1-14,16H,15H2,(H2,35,36,37). The van der Waals surface area contributed by atoms with E-state index in [1.54, 1.807) is 30.3 Å². The number of pyridine rings is 1. The van der Waals surface area contributed by atoms with Crippen LogP contribution in [0, 0.1) is 11.6 Å². The van der Waals surface area contributed by atoms with E-state index in [0.717, 1.165) is 18.2 Å². The van der Waals surface area contributed by atoms with E-state index >= 15 is 4.39 Å². The van der Waals surface area contributed by atoms with E-state index in [4.69, 9.17) is 11.6 Å². The Hall–Kier alpha value is -3.98. The highest BCUT2D eigenvalue weighted by Crippen LogP contribution is 2.39.